The summed E-state index contributed by atoms with van der Waals surface area (Å²) < 4.78 is 0. The van der Waals surface area contributed by atoms with Gasteiger partial charge in [0.1, 0.15) is 0 Å². The maximum absolute atomic E-state index is 4.24. The third kappa shape index (κ3) is 2.18. The van der Waals surface area contributed by atoms with Crippen molar-refractivity contribution in [3.05, 3.63) is 41.7 Å². The molecular weight excluding hydrogens is 222 g/mol. The zero-order valence-corrected chi connectivity index (χ0v) is 10.7. The molecule has 1 aromatic carbocycles. The lowest BCUT2D eigenvalue weighted by Gasteiger charge is -2.10. The highest BCUT2D eigenvalue weighted by Gasteiger charge is 2.18. The molecule has 0 saturated carbocycles. The van der Waals surface area contributed by atoms with Crippen LogP contribution >= 0.6 is 0 Å². The molecule has 1 saturated heterocycles. The first-order valence-corrected chi connectivity index (χ1v) is 6.63. The van der Waals surface area contributed by atoms with Crippen LogP contribution in [0.2, 0.25) is 0 Å². The predicted molar refractivity (Wildman–Crippen MR) is 73.4 cm³/mol. The molecule has 3 rings (SSSR count). The van der Waals surface area contributed by atoms with Gasteiger partial charge in [0.15, 0.2) is 0 Å². The van der Waals surface area contributed by atoms with E-state index in [4.69, 9.17) is 0 Å². The number of H-pyrrole nitrogens is 1. The van der Waals surface area contributed by atoms with Crippen LogP contribution in [-0.2, 0) is 6.42 Å². The van der Waals surface area contributed by atoms with Crippen molar-refractivity contribution in [2.45, 2.75) is 19.8 Å². The summed E-state index contributed by atoms with van der Waals surface area (Å²) in [6.45, 7) is 4.44. The summed E-state index contributed by atoms with van der Waals surface area (Å²) in [5.74, 6) is 0.744. The lowest BCUT2D eigenvalue weighted by atomic mass is 9.95. The van der Waals surface area contributed by atoms with Crippen LogP contribution in [0.4, 0.5) is 0 Å². The zero-order valence-electron chi connectivity index (χ0n) is 10.7. The van der Waals surface area contributed by atoms with Gasteiger partial charge in [-0.25, -0.2) is 0 Å². The molecule has 2 heterocycles. The normalized spacial score (nSPS) is 19.3. The van der Waals surface area contributed by atoms with Gasteiger partial charge in [0, 0.05) is 11.3 Å². The Morgan fingerprint density at radius 3 is 2.94 bits per heavy atom. The molecular formula is C15H19N3. The van der Waals surface area contributed by atoms with Gasteiger partial charge in [-0.2, -0.15) is 5.10 Å². The Labute approximate surface area is 108 Å². The molecule has 1 aliphatic rings. The minimum Gasteiger partial charge on any atom is -0.316 e. The molecule has 94 valence electrons. The van der Waals surface area contributed by atoms with Crippen LogP contribution in [0.5, 0.6) is 0 Å². The lowest BCUT2D eigenvalue weighted by Crippen LogP contribution is -2.11. The van der Waals surface area contributed by atoms with Crippen LogP contribution in [0.15, 0.2) is 30.5 Å². The highest BCUT2D eigenvalue weighted by atomic mass is 15.1. The highest BCUT2D eigenvalue weighted by Crippen LogP contribution is 2.27. The summed E-state index contributed by atoms with van der Waals surface area (Å²) in [4.78, 5) is 0. The van der Waals surface area contributed by atoms with E-state index in [0.29, 0.717) is 0 Å². The summed E-state index contributed by atoms with van der Waals surface area (Å²) in [5.41, 5.74) is 5.15. The molecule has 0 spiro atoms. The van der Waals surface area contributed by atoms with Gasteiger partial charge in [0.05, 0.1) is 6.20 Å². The van der Waals surface area contributed by atoms with E-state index >= 15 is 0 Å². The number of nitrogens with one attached hydrogen (secondary N) is 2. The van der Waals surface area contributed by atoms with Crippen LogP contribution in [0.1, 0.15) is 17.7 Å². The van der Waals surface area contributed by atoms with Gasteiger partial charge in [0.25, 0.3) is 0 Å². The molecule has 18 heavy (non-hydrogen) atoms. The molecule has 3 heteroatoms. The summed E-state index contributed by atoms with van der Waals surface area (Å²) in [5, 5.41) is 10.8. The lowest BCUT2D eigenvalue weighted by molar-refractivity contribution is 0.571. The Kier molecular flexibility index (Phi) is 3.15. The predicted octanol–water partition coefficient (Wildman–Crippen LogP) is 2.54. The Morgan fingerprint density at radius 1 is 1.28 bits per heavy atom. The maximum Gasteiger partial charge on any atom is 0.0568 e. The van der Waals surface area contributed by atoms with Crippen molar-refractivity contribution < 1.29 is 0 Å². The molecule has 2 aromatic rings. The second-order valence-corrected chi connectivity index (χ2v) is 5.14. The van der Waals surface area contributed by atoms with Gasteiger partial charge in [-0.1, -0.05) is 24.3 Å². The van der Waals surface area contributed by atoms with Crippen molar-refractivity contribution in [2.24, 2.45) is 5.92 Å². The smallest absolute Gasteiger partial charge is 0.0568 e. The molecule has 0 amide bonds. The summed E-state index contributed by atoms with van der Waals surface area (Å²) in [6, 6.07) is 8.51. The van der Waals surface area contributed by atoms with Gasteiger partial charge in [-0.05, 0) is 49.9 Å². The highest BCUT2D eigenvalue weighted by molar-refractivity contribution is 5.68. The number of benzene rings is 1. The van der Waals surface area contributed by atoms with E-state index < -0.39 is 0 Å². The van der Waals surface area contributed by atoms with Crippen molar-refractivity contribution in [3.63, 3.8) is 0 Å². The molecule has 1 unspecified atom stereocenters. The second kappa shape index (κ2) is 4.94. The van der Waals surface area contributed by atoms with E-state index in [-0.39, 0.29) is 0 Å². The zero-order chi connectivity index (χ0) is 12.4. The fourth-order valence-corrected chi connectivity index (χ4v) is 2.75. The number of nitrogens with zero attached hydrogens (tertiary/aromatic N) is 1. The molecule has 3 nitrogen and oxygen atoms in total. The van der Waals surface area contributed by atoms with Gasteiger partial charge in [0.2, 0.25) is 0 Å². The fourth-order valence-electron chi connectivity index (χ4n) is 2.75. The average molecular weight is 241 g/mol. The summed E-state index contributed by atoms with van der Waals surface area (Å²) in [6.07, 6.45) is 4.32. The molecule has 2 N–H and O–H groups in total. The van der Waals surface area contributed by atoms with Crippen molar-refractivity contribution in [1.82, 2.24) is 15.5 Å². The monoisotopic (exact) mass is 241 g/mol. The number of rotatable bonds is 3. The van der Waals surface area contributed by atoms with E-state index in [1.807, 2.05) is 6.20 Å². The van der Waals surface area contributed by atoms with E-state index in [9.17, 15) is 0 Å². The average Bonchev–Trinajstić information content (AvgIpc) is 3.02. The van der Waals surface area contributed by atoms with Crippen LogP contribution in [0, 0.1) is 12.8 Å². The van der Waals surface area contributed by atoms with E-state index in [1.165, 1.54) is 28.8 Å². The molecule has 1 aromatic heterocycles. The van der Waals surface area contributed by atoms with Gasteiger partial charge in [-0.15, -0.1) is 0 Å². The molecule has 1 aliphatic heterocycles. The van der Waals surface area contributed by atoms with Crippen LogP contribution in [-0.4, -0.2) is 23.3 Å². The Morgan fingerprint density at radius 2 is 2.17 bits per heavy atom. The Bertz CT molecular complexity index is 524. The molecule has 1 atom stereocenters. The van der Waals surface area contributed by atoms with Crippen molar-refractivity contribution in [3.8, 4) is 11.1 Å². The Balaban J connectivity index is 1.89. The molecule has 0 aliphatic carbocycles. The first-order valence-electron chi connectivity index (χ1n) is 6.63. The number of hydrogen-bond acceptors (Lipinski definition) is 2. The van der Waals surface area contributed by atoms with E-state index in [1.54, 1.807) is 0 Å². The number of aryl methyl sites for hydroxylation is 1. The molecule has 0 bridgehead atoms. The largest absolute Gasteiger partial charge is 0.316 e. The number of aromatic nitrogens is 2. The van der Waals surface area contributed by atoms with Crippen molar-refractivity contribution in [2.75, 3.05) is 13.1 Å². The first-order chi connectivity index (χ1) is 8.84. The van der Waals surface area contributed by atoms with Crippen molar-refractivity contribution >= 4 is 0 Å². The number of hydrogen-bond donors (Lipinski definition) is 2. The SMILES string of the molecule is Cc1ccccc1-c1cn[nH]c1CC1CCNC1. The Hall–Kier alpha value is -1.61. The van der Waals surface area contributed by atoms with Crippen LogP contribution < -0.4 is 5.32 Å². The quantitative estimate of drug-likeness (QED) is 0.867. The van der Waals surface area contributed by atoms with Gasteiger partial charge >= 0.3 is 0 Å². The van der Waals surface area contributed by atoms with E-state index in [2.05, 4.69) is 46.7 Å². The summed E-state index contributed by atoms with van der Waals surface area (Å²) in [7, 11) is 0. The minimum absolute atomic E-state index is 0.744. The van der Waals surface area contributed by atoms with Crippen LogP contribution in [0.3, 0.4) is 0 Å². The standard InChI is InChI=1S/C15H19N3/c1-11-4-2-3-5-13(11)14-10-17-18-15(14)8-12-6-7-16-9-12/h2-5,10,12,16H,6-9H2,1H3,(H,17,18). The third-order valence-corrected chi connectivity index (χ3v) is 3.81. The maximum atomic E-state index is 4.24. The second-order valence-electron chi connectivity index (χ2n) is 5.14. The topological polar surface area (TPSA) is 40.7 Å². The third-order valence-electron chi connectivity index (χ3n) is 3.81. The minimum atomic E-state index is 0.744. The number of aromatic amines is 1. The molecule has 1 fully saturated rings. The van der Waals surface area contributed by atoms with Crippen LogP contribution in [0.25, 0.3) is 11.1 Å². The first kappa shape index (κ1) is 11.5. The van der Waals surface area contributed by atoms with Gasteiger partial charge < -0.3 is 5.32 Å². The van der Waals surface area contributed by atoms with E-state index in [0.717, 1.165) is 25.4 Å². The molecule has 0 radical (unpaired) electrons. The fraction of sp³-hybridized carbons (Fsp3) is 0.400. The van der Waals surface area contributed by atoms with Crippen molar-refractivity contribution in [1.29, 1.82) is 0 Å². The summed E-state index contributed by atoms with van der Waals surface area (Å²) >= 11 is 0. The van der Waals surface area contributed by atoms with Gasteiger partial charge in [-0.3, -0.25) is 5.10 Å².